The van der Waals surface area contributed by atoms with Crippen molar-refractivity contribution in [2.45, 2.75) is 0 Å². The van der Waals surface area contributed by atoms with Gasteiger partial charge in [0.05, 0.1) is 6.26 Å². The van der Waals surface area contributed by atoms with E-state index < -0.39 is 5.91 Å². The zero-order valence-corrected chi connectivity index (χ0v) is 10.7. The van der Waals surface area contributed by atoms with E-state index in [9.17, 15) is 9.59 Å². The summed E-state index contributed by atoms with van der Waals surface area (Å²) in [6.45, 7) is 0. The lowest BCUT2D eigenvalue weighted by Crippen LogP contribution is -2.04. The van der Waals surface area contributed by atoms with E-state index in [1.165, 1.54) is 18.4 Å². The molecule has 0 aliphatic rings. The quantitative estimate of drug-likeness (QED) is 0.668. The molecule has 0 aliphatic heterocycles. The number of furan rings is 1. The number of ketones is 1. The maximum Gasteiger partial charge on any atom is 0.241 e. The fraction of sp³-hybridized carbons (Fsp3) is 0. The minimum Gasteiger partial charge on any atom is -0.461 e. The molecule has 0 spiro atoms. The minimum absolute atomic E-state index is 0.187. The molecule has 4 nitrogen and oxygen atoms in total. The highest BCUT2D eigenvalue weighted by atomic mass is 16.3. The molecule has 0 saturated heterocycles. The molecule has 4 heteroatoms. The van der Waals surface area contributed by atoms with Crippen molar-refractivity contribution in [2.75, 3.05) is 0 Å². The predicted molar refractivity (Wildman–Crippen MR) is 76.7 cm³/mol. The molecule has 2 aromatic rings. The molecule has 0 radical (unpaired) electrons. The zero-order chi connectivity index (χ0) is 14.4. The van der Waals surface area contributed by atoms with Crippen molar-refractivity contribution in [3.63, 3.8) is 0 Å². The first-order valence-corrected chi connectivity index (χ1v) is 5.98. The Labute approximate surface area is 116 Å². The van der Waals surface area contributed by atoms with E-state index in [0.29, 0.717) is 5.76 Å². The van der Waals surface area contributed by atoms with Gasteiger partial charge in [0, 0.05) is 6.08 Å². The lowest BCUT2D eigenvalue weighted by atomic mass is 10.1. The van der Waals surface area contributed by atoms with E-state index in [1.54, 1.807) is 24.3 Å². The molecule has 1 aromatic carbocycles. The van der Waals surface area contributed by atoms with Crippen LogP contribution in [0.1, 0.15) is 21.7 Å². The second-order valence-electron chi connectivity index (χ2n) is 4.08. The van der Waals surface area contributed by atoms with E-state index >= 15 is 0 Å². The van der Waals surface area contributed by atoms with Crippen molar-refractivity contribution >= 4 is 23.8 Å². The van der Waals surface area contributed by atoms with Crippen molar-refractivity contribution in [3.8, 4) is 0 Å². The Kier molecular flexibility index (Phi) is 4.29. The second-order valence-corrected chi connectivity index (χ2v) is 4.08. The molecule has 100 valence electrons. The number of allylic oxidation sites excluding steroid dienone is 1. The van der Waals surface area contributed by atoms with E-state index in [1.807, 2.05) is 24.3 Å². The first-order valence-electron chi connectivity index (χ1n) is 5.98. The van der Waals surface area contributed by atoms with E-state index in [0.717, 1.165) is 11.1 Å². The molecule has 2 N–H and O–H groups in total. The summed E-state index contributed by atoms with van der Waals surface area (Å²) in [5.41, 5.74) is 6.75. The smallest absolute Gasteiger partial charge is 0.241 e. The van der Waals surface area contributed by atoms with Crippen LogP contribution in [0.15, 0.2) is 59.2 Å². The summed E-state index contributed by atoms with van der Waals surface area (Å²) in [6, 6.07) is 10.6. The SMILES string of the molecule is NC(=O)C=Cc1ccc(C=CC(=O)c2ccco2)cc1. The maximum absolute atomic E-state index is 11.7. The van der Waals surface area contributed by atoms with Crippen LogP contribution in [0.25, 0.3) is 12.2 Å². The van der Waals surface area contributed by atoms with Crippen LogP contribution in [-0.2, 0) is 4.79 Å². The zero-order valence-electron chi connectivity index (χ0n) is 10.7. The van der Waals surface area contributed by atoms with Gasteiger partial charge in [-0.2, -0.15) is 0 Å². The number of hydrogen-bond donors (Lipinski definition) is 1. The summed E-state index contributed by atoms with van der Waals surface area (Å²) in [7, 11) is 0. The van der Waals surface area contributed by atoms with Gasteiger partial charge < -0.3 is 10.2 Å². The highest BCUT2D eigenvalue weighted by Gasteiger charge is 2.03. The summed E-state index contributed by atoms with van der Waals surface area (Å²) in [5.74, 6) is -0.368. The number of hydrogen-bond acceptors (Lipinski definition) is 3. The molecule has 0 unspecified atom stereocenters. The number of nitrogens with two attached hydrogens (primary N) is 1. The Morgan fingerprint density at radius 1 is 0.950 bits per heavy atom. The van der Waals surface area contributed by atoms with Gasteiger partial charge >= 0.3 is 0 Å². The fourth-order valence-corrected chi connectivity index (χ4v) is 1.57. The highest BCUT2D eigenvalue weighted by molar-refractivity contribution is 6.04. The van der Waals surface area contributed by atoms with Crippen molar-refractivity contribution in [3.05, 3.63) is 71.7 Å². The molecule has 1 heterocycles. The Balaban J connectivity index is 2.04. The summed E-state index contributed by atoms with van der Waals surface area (Å²) < 4.78 is 5.00. The van der Waals surface area contributed by atoms with Crippen LogP contribution in [0.4, 0.5) is 0 Å². The van der Waals surface area contributed by atoms with Crippen LogP contribution in [0.5, 0.6) is 0 Å². The van der Waals surface area contributed by atoms with E-state index in [4.69, 9.17) is 10.2 Å². The first-order chi connectivity index (χ1) is 9.65. The Hall–Kier alpha value is -2.88. The average molecular weight is 267 g/mol. The van der Waals surface area contributed by atoms with Gasteiger partial charge in [-0.25, -0.2) is 0 Å². The molecule has 0 fully saturated rings. The van der Waals surface area contributed by atoms with Gasteiger partial charge in [-0.1, -0.05) is 30.3 Å². The normalized spacial score (nSPS) is 11.2. The molecule has 0 bridgehead atoms. The van der Waals surface area contributed by atoms with Crippen molar-refractivity contribution in [1.29, 1.82) is 0 Å². The Bertz CT molecular complexity index is 650. The molecule has 0 saturated carbocycles. The Morgan fingerprint density at radius 2 is 1.55 bits per heavy atom. The summed E-state index contributed by atoms with van der Waals surface area (Å²) in [6.07, 6.45) is 7.54. The number of amides is 1. The minimum atomic E-state index is -0.488. The second kappa shape index (κ2) is 6.33. The molecule has 0 aliphatic carbocycles. The summed E-state index contributed by atoms with van der Waals surface area (Å²) in [5, 5.41) is 0. The van der Waals surface area contributed by atoms with E-state index in [-0.39, 0.29) is 5.78 Å². The van der Waals surface area contributed by atoms with Gasteiger partial charge in [0.25, 0.3) is 0 Å². The maximum atomic E-state index is 11.7. The van der Waals surface area contributed by atoms with Gasteiger partial charge in [-0.3, -0.25) is 9.59 Å². The van der Waals surface area contributed by atoms with E-state index in [2.05, 4.69) is 0 Å². The molecule has 1 aromatic heterocycles. The lowest BCUT2D eigenvalue weighted by molar-refractivity contribution is -0.113. The third kappa shape index (κ3) is 3.81. The third-order valence-corrected chi connectivity index (χ3v) is 2.57. The summed E-state index contributed by atoms with van der Waals surface area (Å²) >= 11 is 0. The first kappa shape index (κ1) is 13.5. The monoisotopic (exact) mass is 267 g/mol. The predicted octanol–water partition coefficient (Wildman–Crippen LogP) is 2.67. The molecule has 20 heavy (non-hydrogen) atoms. The highest BCUT2D eigenvalue weighted by Crippen LogP contribution is 2.09. The number of primary amides is 1. The lowest BCUT2D eigenvalue weighted by Gasteiger charge is -1.95. The van der Waals surface area contributed by atoms with Crippen LogP contribution in [0.3, 0.4) is 0 Å². The van der Waals surface area contributed by atoms with Crippen LogP contribution in [0.2, 0.25) is 0 Å². The third-order valence-electron chi connectivity index (χ3n) is 2.57. The topological polar surface area (TPSA) is 73.3 Å². The molecular formula is C16H13NO3. The number of carbonyl (C=O) groups excluding carboxylic acids is 2. The van der Waals surface area contributed by atoms with Gasteiger partial charge in [-0.15, -0.1) is 0 Å². The summed E-state index contributed by atoms with van der Waals surface area (Å²) in [4.78, 5) is 22.3. The molecule has 2 rings (SSSR count). The van der Waals surface area contributed by atoms with Crippen molar-refractivity contribution < 1.29 is 14.0 Å². The van der Waals surface area contributed by atoms with Crippen molar-refractivity contribution in [1.82, 2.24) is 0 Å². The standard InChI is InChI=1S/C16H13NO3/c17-16(19)10-8-13-5-3-12(4-6-13)7-9-14(18)15-2-1-11-20-15/h1-11H,(H2,17,19). The van der Waals surface area contributed by atoms with Crippen LogP contribution < -0.4 is 5.73 Å². The van der Waals surface area contributed by atoms with Gasteiger partial charge in [0.2, 0.25) is 11.7 Å². The van der Waals surface area contributed by atoms with Gasteiger partial charge in [-0.05, 0) is 35.4 Å². The molecule has 1 amide bonds. The van der Waals surface area contributed by atoms with Crippen molar-refractivity contribution in [2.24, 2.45) is 5.73 Å². The number of carbonyl (C=O) groups is 2. The molecule has 0 atom stereocenters. The Morgan fingerprint density at radius 3 is 2.05 bits per heavy atom. The van der Waals surface area contributed by atoms with Crippen LogP contribution in [-0.4, -0.2) is 11.7 Å². The van der Waals surface area contributed by atoms with Crippen LogP contribution in [0, 0.1) is 0 Å². The van der Waals surface area contributed by atoms with Gasteiger partial charge in [0.1, 0.15) is 0 Å². The van der Waals surface area contributed by atoms with Gasteiger partial charge in [0.15, 0.2) is 5.76 Å². The fourth-order valence-electron chi connectivity index (χ4n) is 1.57. The number of benzene rings is 1. The van der Waals surface area contributed by atoms with Crippen LogP contribution >= 0.6 is 0 Å². The molecular weight excluding hydrogens is 254 g/mol. The largest absolute Gasteiger partial charge is 0.461 e. The number of rotatable bonds is 5. The average Bonchev–Trinajstić information content (AvgIpc) is 2.98.